The molecule has 1 heterocycles. The number of aromatic amines is 1. The molecule has 3 aromatic carbocycles. The van der Waals surface area contributed by atoms with Gasteiger partial charge in [-0.15, -0.1) is 0 Å². The van der Waals surface area contributed by atoms with Crippen LogP contribution in [-0.4, -0.2) is 64.6 Å². The third-order valence-corrected chi connectivity index (χ3v) is 9.71. The summed E-state index contributed by atoms with van der Waals surface area (Å²) in [7, 11) is 0. The van der Waals surface area contributed by atoms with Gasteiger partial charge in [-0.3, -0.25) is 9.59 Å². The van der Waals surface area contributed by atoms with Gasteiger partial charge in [0.1, 0.15) is 29.5 Å². The molecule has 1 fully saturated rings. The van der Waals surface area contributed by atoms with E-state index in [0.717, 1.165) is 60.6 Å². The number of carbonyl (C=O) groups excluding carboxylic acids is 2. The molecule has 4 N–H and O–H groups in total. The van der Waals surface area contributed by atoms with Crippen LogP contribution in [0.15, 0.2) is 65.5 Å². The highest BCUT2D eigenvalue weighted by molar-refractivity contribution is 7.16. The monoisotopic (exact) mass is 680 g/mol. The number of rotatable bonds is 15. The number of phenols is 1. The highest BCUT2D eigenvalue weighted by atomic mass is 32.1. The van der Waals surface area contributed by atoms with Crippen LogP contribution in [0.25, 0.3) is 10.2 Å². The van der Waals surface area contributed by atoms with E-state index in [1.165, 1.54) is 23.1 Å². The minimum Gasteiger partial charge on any atom is -0.506 e. The van der Waals surface area contributed by atoms with E-state index in [9.17, 15) is 28.3 Å². The van der Waals surface area contributed by atoms with E-state index < -0.39 is 29.8 Å². The molecule has 0 radical (unpaired) electrons. The topological polar surface area (TPSA) is 124 Å². The maximum absolute atomic E-state index is 14.0. The zero-order valence-electron chi connectivity index (χ0n) is 27.0. The fourth-order valence-electron chi connectivity index (χ4n) is 6.18. The van der Waals surface area contributed by atoms with Crippen molar-refractivity contribution in [2.45, 2.75) is 76.6 Å². The maximum Gasteiger partial charge on any atom is 0.410 e. The summed E-state index contributed by atoms with van der Waals surface area (Å²) in [6.07, 6.45) is 5.20. The Bertz CT molecular complexity index is 1720. The molecule has 48 heavy (non-hydrogen) atoms. The van der Waals surface area contributed by atoms with Gasteiger partial charge in [0.2, 0.25) is 0 Å². The lowest BCUT2D eigenvalue weighted by molar-refractivity contribution is -0.123. The highest BCUT2D eigenvalue weighted by Crippen LogP contribution is 2.28. The molecule has 1 aliphatic carbocycles. The number of aromatic hydroxyl groups is 1. The van der Waals surface area contributed by atoms with Crippen LogP contribution in [-0.2, 0) is 29.0 Å². The minimum absolute atomic E-state index is 0.0300. The number of thiazole rings is 1. The van der Waals surface area contributed by atoms with E-state index in [1.807, 2.05) is 30.3 Å². The molecular weight excluding hydrogens is 638 g/mol. The van der Waals surface area contributed by atoms with Crippen LogP contribution in [0.2, 0.25) is 0 Å². The molecule has 1 saturated carbocycles. The minimum atomic E-state index is -0.713. The lowest BCUT2D eigenvalue weighted by atomic mass is 9.93. The predicted molar refractivity (Wildman–Crippen MR) is 182 cm³/mol. The van der Waals surface area contributed by atoms with Crippen LogP contribution in [0, 0.1) is 11.6 Å². The first-order valence-electron chi connectivity index (χ1n) is 16.4. The summed E-state index contributed by atoms with van der Waals surface area (Å²) in [5, 5.41) is 17.0. The number of nitrogens with zero attached hydrogens (tertiary/aromatic N) is 1. The Balaban J connectivity index is 1.33. The van der Waals surface area contributed by atoms with Gasteiger partial charge in [0, 0.05) is 25.2 Å². The van der Waals surface area contributed by atoms with E-state index in [2.05, 4.69) is 15.6 Å². The molecule has 256 valence electrons. The van der Waals surface area contributed by atoms with Crippen molar-refractivity contribution in [1.29, 1.82) is 0 Å². The summed E-state index contributed by atoms with van der Waals surface area (Å²) in [6.45, 7) is 2.39. The number of carbonyl (C=O) groups is 2. The average Bonchev–Trinajstić information content (AvgIpc) is 3.48. The van der Waals surface area contributed by atoms with E-state index in [4.69, 9.17) is 4.74 Å². The van der Waals surface area contributed by atoms with Crippen molar-refractivity contribution in [3.8, 4) is 5.75 Å². The Morgan fingerprint density at radius 2 is 1.75 bits per heavy atom. The molecule has 1 aliphatic rings. The predicted octanol–water partition coefficient (Wildman–Crippen LogP) is 5.84. The number of amides is 1. The number of ether oxygens (including phenoxy) is 1. The van der Waals surface area contributed by atoms with Gasteiger partial charge in [0.15, 0.2) is 5.78 Å². The number of ketones is 1. The molecule has 4 aromatic rings. The summed E-state index contributed by atoms with van der Waals surface area (Å²) < 4.78 is 33.7. The molecule has 1 aromatic heterocycles. The summed E-state index contributed by atoms with van der Waals surface area (Å²) in [4.78, 5) is 43.7. The van der Waals surface area contributed by atoms with Crippen molar-refractivity contribution >= 4 is 33.4 Å². The van der Waals surface area contributed by atoms with Gasteiger partial charge in [-0.25, -0.2) is 13.6 Å². The molecule has 1 unspecified atom stereocenters. The second-order valence-electron chi connectivity index (χ2n) is 12.4. The third kappa shape index (κ3) is 9.71. The zero-order valence-corrected chi connectivity index (χ0v) is 27.8. The van der Waals surface area contributed by atoms with Gasteiger partial charge < -0.3 is 30.4 Å². The average molecular weight is 681 g/mol. The quantitative estimate of drug-likeness (QED) is 0.125. The lowest BCUT2D eigenvalue weighted by Gasteiger charge is -2.33. The highest BCUT2D eigenvalue weighted by Gasteiger charge is 2.31. The fraction of sp³-hybridized carbons (Fsp3) is 0.417. The zero-order chi connectivity index (χ0) is 34.0. The van der Waals surface area contributed by atoms with E-state index in [0.29, 0.717) is 35.2 Å². The van der Waals surface area contributed by atoms with Crippen LogP contribution in [0.5, 0.6) is 5.75 Å². The van der Waals surface area contributed by atoms with E-state index in [1.54, 1.807) is 13.0 Å². The van der Waals surface area contributed by atoms with Crippen LogP contribution in [0.4, 0.5) is 13.6 Å². The van der Waals surface area contributed by atoms with Gasteiger partial charge in [-0.1, -0.05) is 67.0 Å². The largest absolute Gasteiger partial charge is 0.506 e. The molecule has 0 spiro atoms. The van der Waals surface area contributed by atoms with Crippen LogP contribution >= 0.6 is 11.3 Å². The summed E-state index contributed by atoms with van der Waals surface area (Å²) in [5.41, 5.74) is 2.44. The summed E-state index contributed by atoms with van der Waals surface area (Å²) in [5.74, 6) is -1.46. The molecule has 9 nitrogen and oxygen atoms in total. The molecule has 0 aliphatic heterocycles. The Kier molecular flexibility index (Phi) is 12.3. The van der Waals surface area contributed by atoms with Crippen LogP contribution < -0.4 is 15.5 Å². The van der Waals surface area contributed by atoms with Gasteiger partial charge in [-0.05, 0) is 74.0 Å². The molecule has 2 atom stereocenters. The number of halogens is 2. The van der Waals surface area contributed by atoms with Gasteiger partial charge >= 0.3 is 11.0 Å². The smallest absolute Gasteiger partial charge is 0.410 e. The molecule has 0 saturated heterocycles. The van der Waals surface area contributed by atoms with Gasteiger partial charge in [-0.2, -0.15) is 0 Å². The lowest BCUT2D eigenvalue weighted by Crippen LogP contribution is -2.56. The second-order valence-corrected chi connectivity index (χ2v) is 13.3. The SMILES string of the molecule is C[C@H](NCCc1cc(F)cc(F)c1)C(=O)C(CN(CCc1ccc(O)c2[nH]c(=O)sc12)C(=O)OCc1ccccc1)NC1CCCCC1. The number of hydrogen-bond acceptors (Lipinski definition) is 8. The maximum atomic E-state index is 14.0. The Morgan fingerprint density at radius 1 is 1.02 bits per heavy atom. The van der Waals surface area contributed by atoms with Crippen molar-refractivity contribution in [1.82, 2.24) is 20.5 Å². The first-order chi connectivity index (χ1) is 23.2. The summed E-state index contributed by atoms with van der Waals surface area (Å²) >= 11 is 0.992. The van der Waals surface area contributed by atoms with Crippen molar-refractivity contribution in [3.05, 3.63) is 98.7 Å². The normalized spacial score (nSPS) is 14.9. The second kappa shape index (κ2) is 16.8. The van der Waals surface area contributed by atoms with Crippen molar-refractivity contribution < 1.29 is 28.2 Å². The number of phenolic OH excluding ortho intramolecular Hbond substituents is 1. The molecule has 5 rings (SSSR count). The fourth-order valence-corrected chi connectivity index (χ4v) is 7.08. The standard InChI is InChI=1S/C36H42F2N4O5S/c1-23(39-16-14-25-18-27(37)20-28(38)19-25)33(44)30(40-29-10-6-3-7-11-29)21-42(36(46)47-22-24-8-4-2-5-9-24)17-15-26-12-13-31(43)32-34(26)48-35(45)41-32/h2,4-5,8-9,12-13,18-20,23,29-30,39-40,43H,3,6-7,10-11,14-17,21-22H2,1H3,(H,41,45)/t23-,30?/m0/s1. The van der Waals surface area contributed by atoms with E-state index in [-0.39, 0.29) is 42.1 Å². The van der Waals surface area contributed by atoms with E-state index >= 15 is 0 Å². The number of hydrogen-bond donors (Lipinski definition) is 4. The Labute approximate surface area is 282 Å². The Hall–Kier alpha value is -4.13. The number of benzene rings is 3. The van der Waals surface area contributed by atoms with Crippen molar-refractivity contribution in [2.24, 2.45) is 0 Å². The number of Topliss-reactive ketones (excluding diaryl/α,β-unsaturated/α-hetero) is 1. The first kappa shape index (κ1) is 35.2. The molecule has 1 amide bonds. The number of aromatic nitrogens is 1. The van der Waals surface area contributed by atoms with Gasteiger partial charge in [0.25, 0.3) is 0 Å². The number of nitrogens with one attached hydrogen (secondary N) is 3. The number of H-pyrrole nitrogens is 1. The molecular formula is C36H42F2N4O5S. The van der Waals surface area contributed by atoms with Gasteiger partial charge in [0.05, 0.1) is 16.8 Å². The summed E-state index contributed by atoms with van der Waals surface area (Å²) in [6, 6.07) is 14.7. The van der Waals surface area contributed by atoms with Crippen molar-refractivity contribution in [3.63, 3.8) is 0 Å². The number of fused-ring (bicyclic) bond motifs is 1. The van der Waals surface area contributed by atoms with Crippen molar-refractivity contribution in [2.75, 3.05) is 19.6 Å². The van der Waals surface area contributed by atoms with Crippen LogP contribution in [0.1, 0.15) is 55.7 Å². The molecule has 12 heteroatoms. The Morgan fingerprint density at radius 3 is 2.48 bits per heavy atom. The molecule has 0 bridgehead atoms. The third-order valence-electron chi connectivity index (χ3n) is 8.76. The first-order valence-corrected chi connectivity index (χ1v) is 17.3. The van der Waals surface area contributed by atoms with Crippen LogP contribution in [0.3, 0.4) is 0 Å².